The highest BCUT2D eigenvalue weighted by Gasteiger charge is 2.33. The van der Waals surface area contributed by atoms with Gasteiger partial charge in [0.25, 0.3) is 0 Å². The number of likely N-dealkylation sites (tertiary alicyclic amines) is 1. The van der Waals surface area contributed by atoms with Gasteiger partial charge in [-0.2, -0.15) is 5.10 Å². The summed E-state index contributed by atoms with van der Waals surface area (Å²) in [5.74, 6) is 0. The minimum atomic E-state index is 0.0905. The van der Waals surface area contributed by atoms with Gasteiger partial charge in [0.15, 0.2) is 0 Å². The number of aromatic nitrogens is 8. The van der Waals surface area contributed by atoms with E-state index in [4.69, 9.17) is 26.6 Å². The van der Waals surface area contributed by atoms with Crippen LogP contribution in [0.5, 0.6) is 0 Å². The van der Waals surface area contributed by atoms with Crippen molar-refractivity contribution in [1.29, 1.82) is 0 Å². The molecule has 0 saturated carbocycles. The summed E-state index contributed by atoms with van der Waals surface area (Å²) in [7, 11) is 2.24. The molecule has 0 radical (unpaired) electrons. The number of nitrogens with zero attached hydrogens (tertiary/aromatic N) is 7. The number of imidazole rings is 1. The van der Waals surface area contributed by atoms with Gasteiger partial charge in [0.1, 0.15) is 0 Å². The van der Waals surface area contributed by atoms with Crippen LogP contribution in [-0.4, -0.2) is 52.0 Å². The maximum absolute atomic E-state index is 6.59. The van der Waals surface area contributed by atoms with Crippen LogP contribution in [0.2, 0.25) is 5.02 Å². The standard InChI is InChI=1S/C41H45ClN10/c1-26-18-29(36(21-31-24-43-25-46-31)51-39(26)34-12-4-13-35(50-34)41-32(42)10-7-17-45-41)20-28-8-6-16-44-40(28)38-15-5-14-37(52(38)2)33-11-3-9-30(49-33)19-27-22-47-48-23-27/h3,6-11,16-18,22-25,34-35,37-38,50H,4-5,12-15,19-21H2,1-2H3,(H,43,46)(H,47,48)/t34-,35+,37-,38+/m1/s1. The summed E-state index contributed by atoms with van der Waals surface area (Å²) in [6, 6.07) is 17.5. The van der Waals surface area contributed by atoms with Gasteiger partial charge in [0.05, 0.1) is 70.2 Å². The number of halogens is 1. The summed E-state index contributed by atoms with van der Waals surface area (Å²) in [5, 5.41) is 11.6. The molecule has 2 saturated heterocycles. The SMILES string of the molecule is Cc1cc(Cc2cccnc2[C@@H]2CCC[C@H](c3cccc(Cc4cn[nH]c4)n3)N2C)c(Cc2cnc[nH]2)nc1[C@H]1CCC[C@@H](c2ncccc2Cl)N1. The van der Waals surface area contributed by atoms with Crippen LogP contribution in [0.25, 0.3) is 0 Å². The average molecular weight is 713 g/mol. The highest BCUT2D eigenvalue weighted by molar-refractivity contribution is 6.31. The van der Waals surface area contributed by atoms with E-state index in [0.717, 1.165) is 96.8 Å². The van der Waals surface area contributed by atoms with Crippen LogP contribution in [-0.2, 0) is 19.3 Å². The number of piperidine rings is 2. The smallest absolute Gasteiger partial charge is 0.0921 e. The lowest BCUT2D eigenvalue weighted by atomic mass is 9.88. The number of hydrogen-bond acceptors (Lipinski definition) is 8. The van der Waals surface area contributed by atoms with Gasteiger partial charge >= 0.3 is 0 Å². The lowest BCUT2D eigenvalue weighted by Gasteiger charge is -2.39. The van der Waals surface area contributed by atoms with Gasteiger partial charge in [-0.3, -0.25) is 29.9 Å². The third kappa shape index (κ3) is 7.42. The Bertz CT molecular complexity index is 2100. The van der Waals surface area contributed by atoms with Crippen molar-refractivity contribution in [2.45, 2.75) is 88.9 Å². The summed E-state index contributed by atoms with van der Waals surface area (Å²) < 4.78 is 0. The van der Waals surface area contributed by atoms with Crippen molar-refractivity contribution in [3.05, 3.63) is 153 Å². The Morgan fingerprint density at radius 1 is 0.808 bits per heavy atom. The van der Waals surface area contributed by atoms with Crippen LogP contribution in [0.15, 0.2) is 85.8 Å². The van der Waals surface area contributed by atoms with Crippen molar-refractivity contribution in [3.63, 3.8) is 0 Å². The van der Waals surface area contributed by atoms with Crippen molar-refractivity contribution in [2.24, 2.45) is 0 Å². The molecule has 10 nitrogen and oxygen atoms in total. The molecule has 266 valence electrons. The Morgan fingerprint density at radius 2 is 1.62 bits per heavy atom. The summed E-state index contributed by atoms with van der Waals surface area (Å²) in [4.78, 5) is 30.4. The van der Waals surface area contributed by atoms with Crippen LogP contribution in [0, 0.1) is 6.92 Å². The van der Waals surface area contributed by atoms with Crippen LogP contribution in [0.1, 0.15) is 125 Å². The first-order valence-electron chi connectivity index (χ1n) is 18.4. The molecule has 0 spiro atoms. The van der Waals surface area contributed by atoms with E-state index < -0.39 is 0 Å². The van der Waals surface area contributed by atoms with Gasteiger partial charge in [0.2, 0.25) is 0 Å². The quantitative estimate of drug-likeness (QED) is 0.131. The lowest BCUT2D eigenvalue weighted by Crippen LogP contribution is -2.34. The molecule has 6 aromatic heterocycles. The van der Waals surface area contributed by atoms with Gasteiger partial charge in [-0.05, 0) is 105 Å². The van der Waals surface area contributed by atoms with E-state index in [0.29, 0.717) is 11.4 Å². The third-order valence-corrected chi connectivity index (χ3v) is 11.2. The minimum absolute atomic E-state index is 0.0905. The molecule has 0 amide bonds. The van der Waals surface area contributed by atoms with Gasteiger partial charge < -0.3 is 10.3 Å². The summed E-state index contributed by atoms with van der Waals surface area (Å²) >= 11 is 6.59. The first kappa shape index (κ1) is 34.3. The fourth-order valence-electron chi connectivity index (χ4n) is 8.25. The molecular formula is C41H45ClN10. The van der Waals surface area contributed by atoms with Gasteiger partial charge in [0, 0.05) is 55.4 Å². The second-order valence-corrected chi connectivity index (χ2v) is 14.7. The second-order valence-electron chi connectivity index (χ2n) is 14.3. The predicted molar refractivity (Wildman–Crippen MR) is 202 cm³/mol. The number of H-pyrrole nitrogens is 2. The predicted octanol–water partition coefficient (Wildman–Crippen LogP) is 7.90. The highest BCUT2D eigenvalue weighted by Crippen LogP contribution is 2.41. The molecule has 8 heterocycles. The largest absolute Gasteiger partial charge is 0.348 e. The highest BCUT2D eigenvalue weighted by atomic mass is 35.5. The molecule has 0 aromatic carbocycles. The maximum atomic E-state index is 6.59. The lowest BCUT2D eigenvalue weighted by molar-refractivity contribution is 0.109. The van der Waals surface area contributed by atoms with Crippen LogP contribution < -0.4 is 5.32 Å². The summed E-state index contributed by atoms with van der Waals surface area (Å²) in [6.45, 7) is 2.20. The Labute approximate surface area is 309 Å². The average Bonchev–Trinajstić information content (AvgIpc) is 3.89. The Balaban J connectivity index is 1.07. The molecule has 3 N–H and O–H groups in total. The van der Waals surface area contributed by atoms with E-state index in [9.17, 15) is 0 Å². The number of nitrogens with one attached hydrogen (secondary N) is 3. The number of aromatic amines is 2. The van der Waals surface area contributed by atoms with Crippen molar-refractivity contribution < 1.29 is 0 Å². The Hall–Kier alpha value is -4.77. The number of aryl methyl sites for hydroxylation is 1. The molecule has 2 aliphatic rings. The first-order valence-corrected chi connectivity index (χ1v) is 18.8. The monoisotopic (exact) mass is 712 g/mol. The van der Waals surface area contributed by atoms with Crippen molar-refractivity contribution >= 4 is 11.6 Å². The fourth-order valence-corrected chi connectivity index (χ4v) is 8.51. The molecule has 11 heteroatoms. The second kappa shape index (κ2) is 15.5. The third-order valence-electron chi connectivity index (χ3n) is 10.8. The zero-order chi connectivity index (χ0) is 35.4. The van der Waals surface area contributed by atoms with Crippen molar-refractivity contribution in [3.8, 4) is 0 Å². The fraction of sp³-hybridized carbons (Fsp3) is 0.366. The van der Waals surface area contributed by atoms with E-state index in [-0.39, 0.29) is 24.2 Å². The first-order chi connectivity index (χ1) is 25.5. The molecule has 2 fully saturated rings. The van der Waals surface area contributed by atoms with E-state index in [1.165, 1.54) is 16.7 Å². The van der Waals surface area contributed by atoms with Gasteiger partial charge in [-0.15, -0.1) is 0 Å². The molecule has 0 aliphatic carbocycles. The molecule has 52 heavy (non-hydrogen) atoms. The van der Waals surface area contributed by atoms with Gasteiger partial charge in [-0.1, -0.05) is 29.8 Å². The molecule has 6 aromatic rings. The zero-order valence-electron chi connectivity index (χ0n) is 29.8. The normalized spacial score (nSPS) is 21.0. The van der Waals surface area contributed by atoms with E-state index in [1.54, 1.807) is 6.33 Å². The van der Waals surface area contributed by atoms with Crippen molar-refractivity contribution in [1.82, 2.24) is 50.3 Å². The maximum Gasteiger partial charge on any atom is 0.0921 e. The topological polar surface area (TPSA) is 124 Å². The van der Waals surface area contributed by atoms with Crippen LogP contribution in [0.3, 0.4) is 0 Å². The Morgan fingerprint density at radius 3 is 2.42 bits per heavy atom. The minimum Gasteiger partial charge on any atom is -0.348 e. The van der Waals surface area contributed by atoms with E-state index in [2.05, 4.69) is 85.7 Å². The Kier molecular flexibility index (Phi) is 10.2. The van der Waals surface area contributed by atoms with Crippen LogP contribution in [0.4, 0.5) is 0 Å². The van der Waals surface area contributed by atoms with Crippen molar-refractivity contribution in [2.75, 3.05) is 7.05 Å². The number of hydrogen-bond donors (Lipinski definition) is 3. The molecule has 4 atom stereocenters. The molecule has 8 rings (SSSR count). The van der Waals surface area contributed by atoms with Crippen LogP contribution >= 0.6 is 11.6 Å². The molecule has 0 unspecified atom stereocenters. The summed E-state index contributed by atoms with van der Waals surface area (Å²) in [6.07, 6.45) is 19.7. The molecular weight excluding hydrogens is 668 g/mol. The number of rotatable bonds is 10. The van der Waals surface area contributed by atoms with Gasteiger partial charge in [-0.25, -0.2) is 4.98 Å². The zero-order valence-corrected chi connectivity index (χ0v) is 30.5. The number of pyridine rings is 4. The molecule has 2 aliphatic heterocycles. The molecule has 0 bridgehead atoms. The summed E-state index contributed by atoms with van der Waals surface area (Å²) in [5.41, 5.74) is 12.2. The van der Waals surface area contributed by atoms with E-state index >= 15 is 0 Å². The van der Waals surface area contributed by atoms with E-state index in [1.807, 2.05) is 43.1 Å².